The van der Waals surface area contributed by atoms with E-state index in [1.54, 1.807) is 13.2 Å². The standard InChI is InChI=1S/C14H17BrO2/c1-6-8(2)13(16)11-7-9(3)10(4)14(17-5)12(11)15/h6-8H,1H2,2-5H3. The van der Waals surface area contributed by atoms with Crippen LogP contribution in [0, 0.1) is 19.8 Å². The number of halogens is 1. The number of ketones is 1. The molecule has 92 valence electrons. The molecule has 0 fully saturated rings. The maximum absolute atomic E-state index is 12.2. The molecule has 0 N–H and O–H groups in total. The fraction of sp³-hybridized carbons (Fsp3) is 0.357. The molecule has 1 aromatic rings. The van der Waals surface area contributed by atoms with E-state index in [-0.39, 0.29) is 11.7 Å². The molecule has 2 nitrogen and oxygen atoms in total. The van der Waals surface area contributed by atoms with Gasteiger partial charge in [0.25, 0.3) is 0 Å². The first kappa shape index (κ1) is 14.0. The van der Waals surface area contributed by atoms with Crippen molar-refractivity contribution >= 4 is 21.7 Å². The topological polar surface area (TPSA) is 26.3 Å². The van der Waals surface area contributed by atoms with Crippen molar-refractivity contribution < 1.29 is 9.53 Å². The molecule has 0 radical (unpaired) electrons. The minimum absolute atomic E-state index is 0.0493. The summed E-state index contributed by atoms with van der Waals surface area (Å²) in [4.78, 5) is 12.2. The Hall–Kier alpha value is -1.09. The average molecular weight is 297 g/mol. The van der Waals surface area contributed by atoms with E-state index in [9.17, 15) is 4.79 Å². The molecular formula is C14H17BrO2. The molecule has 0 heterocycles. The number of hydrogen-bond acceptors (Lipinski definition) is 2. The minimum Gasteiger partial charge on any atom is -0.495 e. The largest absolute Gasteiger partial charge is 0.495 e. The molecule has 0 amide bonds. The lowest BCUT2D eigenvalue weighted by atomic mass is 9.96. The molecule has 17 heavy (non-hydrogen) atoms. The Morgan fingerprint density at radius 1 is 1.53 bits per heavy atom. The van der Waals surface area contributed by atoms with Crippen LogP contribution in [0.4, 0.5) is 0 Å². The lowest BCUT2D eigenvalue weighted by Gasteiger charge is -2.15. The van der Waals surface area contributed by atoms with Gasteiger partial charge in [0.05, 0.1) is 11.6 Å². The third-order valence-electron chi connectivity index (χ3n) is 2.97. The second-order valence-corrected chi connectivity index (χ2v) is 4.89. The average Bonchev–Trinajstić information content (AvgIpc) is 2.32. The van der Waals surface area contributed by atoms with Gasteiger partial charge in [0.15, 0.2) is 5.78 Å². The van der Waals surface area contributed by atoms with Gasteiger partial charge < -0.3 is 4.74 Å². The van der Waals surface area contributed by atoms with E-state index < -0.39 is 0 Å². The van der Waals surface area contributed by atoms with E-state index in [1.165, 1.54) is 0 Å². The van der Waals surface area contributed by atoms with Gasteiger partial charge in [0.1, 0.15) is 5.75 Å². The number of methoxy groups -OCH3 is 1. The molecule has 0 bridgehead atoms. The normalized spacial score (nSPS) is 12.1. The summed E-state index contributed by atoms with van der Waals surface area (Å²) in [6.07, 6.45) is 1.65. The summed E-state index contributed by atoms with van der Waals surface area (Å²) >= 11 is 3.44. The van der Waals surface area contributed by atoms with Crippen LogP contribution in [0.1, 0.15) is 28.4 Å². The predicted octanol–water partition coefficient (Wildman–Crippen LogP) is 4.08. The van der Waals surface area contributed by atoms with Crippen LogP contribution in [-0.4, -0.2) is 12.9 Å². The van der Waals surface area contributed by atoms with Gasteiger partial charge in [-0.2, -0.15) is 0 Å². The summed E-state index contributed by atoms with van der Waals surface area (Å²) in [7, 11) is 1.61. The van der Waals surface area contributed by atoms with Gasteiger partial charge >= 0.3 is 0 Å². The van der Waals surface area contributed by atoms with Crippen LogP contribution in [0.3, 0.4) is 0 Å². The fourth-order valence-corrected chi connectivity index (χ4v) is 2.40. The Labute approximate surface area is 111 Å². The van der Waals surface area contributed by atoms with Crippen LogP contribution in [0.15, 0.2) is 23.2 Å². The molecule has 3 heteroatoms. The summed E-state index contributed by atoms with van der Waals surface area (Å²) in [5.41, 5.74) is 2.74. The van der Waals surface area contributed by atoms with E-state index in [0.717, 1.165) is 21.3 Å². The summed E-state index contributed by atoms with van der Waals surface area (Å²) in [6, 6.07) is 1.89. The van der Waals surface area contributed by atoms with Crippen molar-refractivity contribution in [2.24, 2.45) is 5.92 Å². The number of Topliss-reactive ketones (excluding diaryl/α,β-unsaturated/α-hetero) is 1. The summed E-state index contributed by atoms with van der Waals surface area (Å²) < 4.78 is 6.06. The zero-order valence-electron chi connectivity index (χ0n) is 10.6. The third kappa shape index (κ3) is 2.60. The van der Waals surface area contributed by atoms with Gasteiger partial charge in [-0.15, -0.1) is 6.58 Å². The van der Waals surface area contributed by atoms with Crippen LogP contribution in [0.2, 0.25) is 0 Å². The first-order valence-electron chi connectivity index (χ1n) is 5.44. The highest BCUT2D eigenvalue weighted by Gasteiger charge is 2.20. The van der Waals surface area contributed by atoms with Crippen LogP contribution < -0.4 is 4.74 Å². The summed E-state index contributed by atoms with van der Waals surface area (Å²) in [6.45, 7) is 9.44. The Bertz CT molecular complexity index is 464. The molecule has 0 aliphatic rings. The number of allylic oxidation sites excluding steroid dienone is 1. The summed E-state index contributed by atoms with van der Waals surface area (Å²) in [5.74, 6) is 0.580. The lowest BCUT2D eigenvalue weighted by molar-refractivity contribution is 0.0952. The minimum atomic E-state index is -0.196. The number of rotatable bonds is 4. The monoisotopic (exact) mass is 296 g/mol. The van der Waals surface area contributed by atoms with Crippen molar-refractivity contribution in [3.05, 3.63) is 39.9 Å². The van der Waals surface area contributed by atoms with E-state index in [2.05, 4.69) is 22.5 Å². The first-order chi connectivity index (χ1) is 7.93. The molecule has 0 aliphatic heterocycles. The van der Waals surface area contributed by atoms with E-state index in [1.807, 2.05) is 26.8 Å². The van der Waals surface area contributed by atoms with Gasteiger partial charge in [0, 0.05) is 11.5 Å². The van der Waals surface area contributed by atoms with Crippen LogP contribution in [0.25, 0.3) is 0 Å². The maximum atomic E-state index is 12.2. The quantitative estimate of drug-likeness (QED) is 0.618. The number of carbonyl (C=O) groups excluding carboxylic acids is 1. The first-order valence-corrected chi connectivity index (χ1v) is 6.23. The van der Waals surface area contributed by atoms with Crippen molar-refractivity contribution in [2.75, 3.05) is 7.11 Å². The third-order valence-corrected chi connectivity index (χ3v) is 3.75. The van der Waals surface area contributed by atoms with Gasteiger partial charge in [0.2, 0.25) is 0 Å². The van der Waals surface area contributed by atoms with E-state index in [0.29, 0.717) is 5.56 Å². The molecule has 0 aliphatic carbocycles. The zero-order chi connectivity index (χ0) is 13.2. The second-order valence-electron chi connectivity index (χ2n) is 4.10. The van der Waals surface area contributed by atoms with Crippen LogP contribution >= 0.6 is 15.9 Å². The fourth-order valence-electron chi connectivity index (χ4n) is 1.63. The highest BCUT2D eigenvalue weighted by molar-refractivity contribution is 9.10. The number of ether oxygens (including phenoxy) is 1. The molecule has 1 aromatic carbocycles. The molecule has 0 spiro atoms. The molecule has 1 rings (SSSR count). The lowest BCUT2D eigenvalue weighted by Crippen LogP contribution is -2.11. The van der Waals surface area contributed by atoms with Crippen molar-refractivity contribution in [1.82, 2.24) is 0 Å². The maximum Gasteiger partial charge on any atom is 0.170 e. The molecule has 1 unspecified atom stereocenters. The molecule has 1 atom stereocenters. The van der Waals surface area contributed by atoms with E-state index in [4.69, 9.17) is 4.74 Å². The van der Waals surface area contributed by atoms with Crippen molar-refractivity contribution in [1.29, 1.82) is 0 Å². The molecular weight excluding hydrogens is 280 g/mol. The Morgan fingerprint density at radius 3 is 2.59 bits per heavy atom. The predicted molar refractivity (Wildman–Crippen MR) is 73.9 cm³/mol. The van der Waals surface area contributed by atoms with E-state index >= 15 is 0 Å². The zero-order valence-corrected chi connectivity index (χ0v) is 12.2. The number of benzene rings is 1. The van der Waals surface area contributed by atoms with Crippen molar-refractivity contribution in [3.63, 3.8) is 0 Å². The van der Waals surface area contributed by atoms with Gasteiger partial charge in [-0.05, 0) is 47.0 Å². The highest BCUT2D eigenvalue weighted by Crippen LogP contribution is 2.35. The van der Waals surface area contributed by atoms with Crippen LogP contribution in [0.5, 0.6) is 5.75 Å². The molecule has 0 saturated heterocycles. The second kappa shape index (κ2) is 5.50. The van der Waals surface area contributed by atoms with Gasteiger partial charge in [-0.3, -0.25) is 4.79 Å². The molecule has 0 aromatic heterocycles. The Balaban J connectivity index is 3.40. The van der Waals surface area contributed by atoms with Crippen molar-refractivity contribution in [2.45, 2.75) is 20.8 Å². The Morgan fingerprint density at radius 2 is 2.12 bits per heavy atom. The number of carbonyl (C=O) groups is 1. The smallest absolute Gasteiger partial charge is 0.170 e. The highest BCUT2D eigenvalue weighted by atomic mass is 79.9. The van der Waals surface area contributed by atoms with Crippen LogP contribution in [-0.2, 0) is 0 Å². The van der Waals surface area contributed by atoms with Gasteiger partial charge in [-0.25, -0.2) is 0 Å². The van der Waals surface area contributed by atoms with Crippen molar-refractivity contribution in [3.8, 4) is 5.75 Å². The van der Waals surface area contributed by atoms with Gasteiger partial charge in [-0.1, -0.05) is 13.0 Å². The number of aryl methyl sites for hydroxylation is 1. The SMILES string of the molecule is C=CC(C)C(=O)c1cc(C)c(C)c(OC)c1Br. The Kier molecular flexibility index (Phi) is 4.52. The summed E-state index contributed by atoms with van der Waals surface area (Å²) in [5, 5.41) is 0. The number of hydrogen-bond donors (Lipinski definition) is 0. The molecule has 0 saturated carbocycles.